The molecule has 1 amide bonds. The fourth-order valence-corrected chi connectivity index (χ4v) is 1.72. The van der Waals surface area contributed by atoms with Crippen molar-refractivity contribution in [2.45, 2.75) is 31.2 Å². The molecule has 1 N–H and O–H groups in total. The molecule has 0 bridgehead atoms. The Labute approximate surface area is 119 Å². The van der Waals surface area contributed by atoms with Crippen molar-refractivity contribution >= 4 is 21.8 Å². The molecule has 3 nitrogen and oxygen atoms in total. The van der Waals surface area contributed by atoms with Crippen LogP contribution in [0.4, 0.5) is 8.78 Å². The van der Waals surface area contributed by atoms with Crippen molar-refractivity contribution in [1.82, 2.24) is 5.32 Å². The van der Waals surface area contributed by atoms with E-state index >= 15 is 0 Å². The summed E-state index contributed by atoms with van der Waals surface area (Å²) in [5.74, 6) is -0.520. The molecule has 0 aliphatic heterocycles. The fourth-order valence-electron chi connectivity index (χ4n) is 1.49. The minimum Gasteiger partial charge on any atom is -0.434 e. The summed E-state index contributed by atoms with van der Waals surface area (Å²) in [5, 5.41) is 2.68. The summed E-state index contributed by atoms with van der Waals surface area (Å²) < 4.78 is 28.7. The number of ether oxygens (including phenoxy) is 1. The Bertz CT molecular complexity index is 415. The molecule has 1 aromatic rings. The third kappa shape index (κ3) is 5.55. The Morgan fingerprint density at radius 3 is 2.74 bits per heavy atom. The summed E-state index contributed by atoms with van der Waals surface area (Å²) in [6.45, 7) is -0.431. The summed E-state index contributed by atoms with van der Waals surface area (Å²) in [5.41, 5.74) is 0.116. The molecule has 19 heavy (non-hydrogen) atoms. The molecule has 0 aromatic heterocycles. The zero-order valence-corrected chi connectivity index (χ0v) is 12.1. The average Bonchev–Trinajstić information content (AvgIpc) is 2.38. The quantitative estimate of drug-likeness (QED) is 0.773. The Balaban J connectivity index is 2.61. The van der Waals surface area contributed by atoms with Crippen LogP contribution in [-0.2, 0) is 0 Å². The molecule has 1 rings (SSSR count). The average molecular weight is 336 g/mol. The van der Waals surface area contributed by atoms with E-state index in [1.807, 2.05) is 6.92 Å². The van der Waals surface area contributed by atoms with Crippen LogP contribution in [0.5, 0.6) is 5.75 Å². The molecule has 0 fully saturated rings. The maximum atomic E-state index is 12.2. The normalized spacial score (nSPS) is 12.3. The SMILES string of the molecule is CCC(Br)CCNC(=O)c1ccccc1OC(F)F. The van der Waals surface area contributed by atoms with Gasteiger partial charge in [-0.05, 0) is 25.0 Å². The number of hydrogen-bond donors (Lipinski definition) is 1. The van der Waals surface area contributed by atoms with Gasteiger partial charge in [0.1, 0.15) is 5.75 Å². The molecule has 0 aliphatic rings. The molecule has 1 atom stereocenters. The minimum atomic E-state index is -2.94. The highest BCUT2D eigenvalue weighted by molar-refractivity contribution is 9.09. The minimum absolute atomic E-state index is 0.110. The van der Waals surface area contributed by atoms with Crippen LogP contribution in [0, 0.1) is 0 Å². The Morgan fingerprint density at radius 1 is 1.42 bits per heavy atom. The van der Waals surface area contributed by atoms with Crippen molar-refractivity contribution in [3.8, 4) is 5.75 Å². The van der Waals surface area contributed by atoms with Crippen molar-refractivity contribution in [3.05, 3.63) is 29.8 Å². The van der Waals surface area contributed by atoms with Gasteiger partial charge < -0.3 is 10.1 Å². The number of amides is 1. The molecule has 0 saturated heterocycles. The second-order valence-electron chi connectivity index (χ2n) is 3.92. The maximum Gasteiger partial charge on any atom is 0.387 e. The Morgan fingerprint density at radius 2 is 2.11 bits per heavy atom. The second kappa shape index (κ2) is 8.09. The number of para-hydroxylation sites is 1. The number of rotatable bonds is 7. The molecule has 0 aliphatic carbocycles. The number of carbonyl (C=O) groups is 1. The van der Waals surface area contributed by atoms with Gasteiger partial charge in [0, 0.05) is 11.4 Å². The lowest BCUT2D eigenvalue weighted by molar-refractivity contribution is -0.0501. The van der Waals surface area contributed by atoms with Crippen LogP contribution in [0.3, 0.4) is 0 Å². The van der Waals surface area contributed by atoms with Crippen molar-refractivity contribution in [3.63, 3.8) is 0 Å². The van der Waals surface area contributed by atoms with Gasteiger partial charge in [0.05, 0.1) is 5.56 Å². The van der Waals surface area contributed by atoms with Gasteiger partial charge in [-0.25, -0.2) is 0 Å². The lowest BCUT2D eigenvalue weighted by Crippen LogP contribution is -2.26. The van der Waals surface area contributed by atoms with E-state index < -0.39 is 12.5 Å². The highest BCUT2D eigenvalue weighted by Crippen LogP contribution is 2.20. The van der Waals surface area contributed by atoms with E-state index in [2.05, 4.69) is 26.0 Å². The number of alkyl halides is 3. The predicted octanol–water partition coefficient (Wildman–Crippen LogP) is 3.58. The van der Waals surface area contributed by atoms with Gasteiger partial charge in [0.15, 0.2) is 0 Å². The van der Waals surface area contributed by atoms with Gasteiger partial charge in [0.2, 0.25) is 0 Å². The summed E-state index contributed by atoms with van der Waals surface area (Å²) in [6.07, 6.45) is 1.74. The van der Waals surface area contributed by atoms with Crippen molar-refractivity contribution in [2.75, 3.05) is 6.54 Å². The maximum absolute atomic E-state index is 12.2. The molecular formula is C13H16BrF2NO2. The molecule has 0 saturated carbocycles. The monoisotopic (exact) mass is 335 g/mol. The highest BCUT2D eigenvalue weighted by Gasteiger charge is 2.15. The Hall–Kier alpha value is -1.17. The largest absolute Gasteiger partial charge is 0.434 e. The van der Waals surface area contributed by atoms with Gasteiger partial charge in [-0.3, -0.25) is 4.79 Å². The molecule has 106 valence electrons. The van der Waals surface area contributed by atoms with E-state index in [4.69, 9.17) is 0 Å². The number of halogens is 3. The zero-order valence-electron chi connectivity index (χ0n) is 10.5. The number of carbonyl (C=O) groups excluding carboxylic acids is 1. The molecule has 6 heteroatoms. The standard InChI is InChI=1S/C13H16BrF2NO2/c1-2-9(14)7-8-17-12(18)10-5-3-4-6-11(10)19-13(15)16/h3-6,9,13H,2,7-8H2,1H3,(H,17,18). The first-order valence-corrected chi connectivity index (χ1v) is 6.92. The number of benzene rings is 1. The third-order valence-corrected chi connectivity index (χ3v) is 3.64. The van der Waals surface area contributed by atoms with Crippen LogP contribution in [0.25, 0.3) is 0 Å². The second-order valence-corrected chi connectivity index (χ2v) is 5.22. The molecule has 1 unspecified atom stereocenters. The molecule has 0 heterocycles. The van der Waals surface area contributed by atoms with Crippen LogP contribution in [0.2, 0.25) is 0 Å². The molecule has 1 aromatic carbocycles. The van der Waals surface area contributed by atoms with Crippen LogP contribution >= 0.6 is 15.9 Å². The van der Waals surface area contributed by atoms with Gasteiger partial charge >= 0.3 is 6.61 Å². The Kier molecular flexibility index (Phi) is 6.77. The summed E-state index contributed by atoms with van der Waals surface area (Å²) in [6, 6.07) is 5.95. The fraction of sp³-hybridized carbons (Fsp3) is 0.462. The van der Waals surface area contributed by atoms with Crippen LogP contribution in [0.15, 0.2) is 24.3 Å². The topological polar surface area (TPSA) is 38.3 Å². The highest BCUT2D eigenvalue weighted by atomic mass is 79.9. The van der Waals surface area contributed by atoms with E-state index in [9.17, 15) is 13.6 Å². The lowest BCUT2D eigenvalue weighted by atomic mass is 10.2. The summed E-state index contributed by atoms with van der Waals surface area (Å²) in [7, 11) is 0. The van der Waals surface area contributed by atoms with Crippen molar-refractivity contribution < 1.29 is 18.3 Å². The number of hydrogen-bond acceptors (Lipinski definition) is 2. The first-order chi connectivity index (χ1) is 9.04. The van der Waals surface area contributed by atoms with Crippen molar-refractivity contribution in [1.29, 1.82) is 0 Å². The van der Waals surface area contributed by atoms with E-state index in [0.29, 0.717) is 11.4 Å². The molecule has 0 spiro atoms. The van der Waals surface area contributed by atoms with Gasteiger partial charge in [-0.1, -0.05) is 35.0 Å². The van der Waals surface area contributed by atoms with E-state index in [1.165, 1.54) is 12.1 Å². The third-order valence-electron chi connectivity index (χ3n) is 2.53. The van der Waals surface area contributed by atoms with Gasteiger partial charge in [-0.15, -0.1) is 0 Å². The van der Waals surface area contributed by atoms with E-state index in [-0.39, 0.29) is 11.3 Å². The van der Waals surface area contributed by atoms with Crippen LogP contribution in [0.1, 0.15) is 30.1 Å². The van der Waals surface area contributed by atoms with Crippen LogP contribution < -0.4 is 10.1 Å². The molecule has 0 radical (unpaired) electrons. The summed E-state index contributed by atoms with van der Waals surface area (Å²) >= 11 is 3.46. The van der Waals surface area contributed by atoms with Crippen molar-refractivity contribution in [2.24, 2.45) is 0 Å². The first kappa shape index (κ1) is 15.9. The number of nitrogens with one attached hydrogen (secondary N) is 1. The first-order valence-electron chi connectivity index (χ1n) is 6.00. The predicted molar refractivity (Wildman–Crippen MR) is 73.0 cm³/mol. The van der Waals surface area contributed by atoms with E-state index in [0.717, 1.165) is 12.8 Å². The van der Waals surface area contributed by atoms with E-state index in [1.54, 1.807) is 12.1 Å². The lowest BCUT2D eigenvalue weighted by Gasteiger charge is -2.11. The van der Waals surface area contributed by atoms with Gasteiger partial charge in [-0.2, -0.15) is 8.78 Å². The summed E-state index contributed by atoms with van der Waals surface area (Å²) in [4.78, 5) is 12.2. The molecular weight excluding hydrogens is 320 g/mol. The van der Waals surface area contributed by atoms with Crippen LogP contribution in [-0.4, -0.2) is 23.9 Å². The smallest absolute Gasteiger partial charge is 0.387 e. The zero-order chi connectivity index (χ0) is 14.3. The van der Waals surface area contributed by atoms with Gasteiger partial charge in [0.25, 0.3) is 5.91 Å².